The first-order valence-corrected chi connectivity index (χ1v) is 32.6. The fourth-order valence-corrected chi connectivity index (χ4v) is 10.5. The first-order chi connectivity index (χ1) is 43.8. The Morgan fingerprint density at radius 1 is 0.380 bits per heavy atom. The minimum atomic E-state index is -1.30. The maximum atomic E-state index is 13.9. The van der Waals surface area contributed by atoms with Crippen LogP contribution in [-0.2, 0) is 71.5 Å². The lowest BCUT2D eigenvalue weighted by Crippen LogP contribution is -2.55. The van der Waals surface area contributed by atoms with Gasteiger partial charge >= 0.3 is 0 Å². The molecule has 0 aromatic heterocycles. The van der Waals surface area contributed by atoms with Crippen LogP contribution in [0.15, 0.2) is 0 Å². The van der Waals surface area contributed by atoms with E-state index in [4.69, 9.17) is 33.2 Å². The third kappa shape index (κ3) is 30.8. The molecule has 16 N–H and O–H groups in total. The van der Waals surface area contributed by atoms with E-state index < -0.39 is 135 Å². The van der Waals surface area contributed by atoms with Gasteiger partial charge in [0.15, 0.2) is 18.9 Å². The van der Waals surface area contributed by atoms with Gasteiger partial charge in [0.1, 0.15) is 42.4 Å². The molecule has 3 fully saturated rings. The number of carbonyl (C=O) groups is 8. The maximum Gasteiger partial charge on any atom is 0.222 e. The zero-order valence-electron chi connectivity index (χ0n) is 54.3. The lowest BCUT2D eigenvalue weighted by molar-refractivity contribution is -0.282. The molecule has 7 amide bonds. The lowest BCUT2D eigenvalue weighted by Gasteiger charge is -2.40. The van der Waals surface area contributed by atoms with Crippen molar-refractivity contribution >= 4 is 47.1 Å². The van der Waals surface area contributed by atoms with E-state index in [1.54, 1.807) is 20.8 Å². The quantitative estimate of drug-likeness (QED) is 0.0267. The highest BCUT2D eigenvalue weighted by molar-refractivity contribution is 5.82. The number of unbranched alkanes of at least 4 members (excludes halogenated alkanes) is 1. The molecule has 0 aromatic rings. The molecule has 0 radical (unpaired) electrons. The largest absolute Gasteiger partial charge is 0.394 e. The first kappa shape index (κ1) is 81.6. The third-order valence-corrected chi connectivity index (χ3v) is 16.4. The molecule has 0 aliphatic carbocycles. The lowest BCUT2D eigenvalue weighted by atomic mass is 9.82. The number of ether oxygens (including phenoxy) is 7. The van der Waals surface area contributed by atoms with Crippen molar-refractivity contribution in [3.8, 4) is 0 Å². The van der Waals surface area contributed by atoms with Crippen molar-refractivity contribution in [2.45, 2.75) is 236 Å². The smallest absolute Gasteiger partial charge is 0.222 e. The second-order valence-corrected chi connectivity index (χ2v) is 24.3. The standard InChI is InChI=1S/C61H109N7O24/c1-37(2)86-30-11-29-67-45(73)13-8-14-51(79)68-61(21-15-41(72)12-6-7-24-62-48(76)18-31-87-58-38(3)52(80)55(83)42(34-69)90-58,22-16-46(74)63-25-9-27-65-49(77)19-32-88-59-39(4)53(81)56(84)43(35-70)91-59)23-17-47(75)64-26-10-28-66-50(78)20-33-89-60-40(5)54(82)57(85)44(36-71)92-60/h37-40,42-44,52-60,69-71,80-85H,6-36H2,1-5H3,(H,62,76)(H,63,74)(H,64,75)(H,65,77)(H,66,78)(H,67,73)(H,68,79)/t38?,39?,40?,42?,43?,44?,52-,53-,54-,55+,56+,57+,58-,59-,60-,61?/m1/s1. The van der Waals surface area contributed by atoms with Crippen LogP contribution in [0.25, 0.3) is 0 Å². The zero-order valence-corrected chi connectivity index (χ0v) is 54.3. The van der Waals surface area contributed by atoms with Crippen LogP contribution in [-0.4, -0.2) is 264 Å². The average Bonchev–Trinajstić information content (AvgIpc) is 0.915. The molecule has 0 spiro atoms. The normalized spacial score (nSPS) is 27.1. The topological polar surface area (TPSA) is 467 Å². The second kappa shape index (κ2) is 44.9. The van der Waals surface area contributed by atoms with Crippen molar-refractivity contribution < 1.29 is 117 Å². The van der Waals surface area contributed by atoms with Gasteiger partial charge in [0.25, 0.3) is 0 Å². The molecule has 15 atom stereocenters. The predicted molar refractivity (Wildman–Crippen MR) is 327 cm³/mol. The fraction of sp³-hybridized carbons (Fsp3) is 0.869. The van der Waals surface area contributed by atoms with Gasteiger partial charge < -0.3 is 116 Å². The molecule has 3 aliphatic rings. The third-order valence-electron chi connectivity index (χ3n) is 16.4. The first-order valence-electron chi connectivity index (χ1n) is 32.6. The summed E-state index contributed by atoms with van der Waals surface area (Å²) >= 11 is 0. The highest BCUT2D eigenvalue weighted by Crippen LogP contribution is 2.31. The van der Waals surface area contributed by atoms with E-state index in [1.165, 1.54) is 0 Å². The predicted octanol–water partition coefficient (Wildman–Crippen LogP) is -3.17. The van der Waals surface area contributed by atoms with Gasteiger partial charge in [0.05, 0.1) is 83.3 Å². The Morgan fingerprint density at radius 3 is 1.08 bits per heavy atom. The number of aliphatic hydroxyl groups is 9. The van der Waals surface area contributed by atoms with E-state index in [2.05, 4.69) is 37.2 Å². The van der Waals surface area contributed by atoms with Crippen LogP contribution in [0.1, 0.15) is 150 Å². The van der Waals surface area contributed by atoms with Crippen molar-refractivity contribution in [1.82, 2.24) is 37.2 Å². The Balaban J connectivity index is 1.62. The SMILES string of the molecule is CC(C)OCCCNC(=O)CCCC(=O)NC(CCC(=O)CCCCNC(=O)CCO[C@@H]1OC(CO)[C@H](O)[C@H](O)C1C)(CCC(=O)NCCCNC(=O)CCO[C@@H]1OC(CO)[C@H](O)[C@H](O)C1C)CCC(=O)NCCCNC(=O)CCO[C@@H]1OC(CO)[C@H](O)[C@H](O)C1C. The van der Waals surface area contributed by atoms with Crippen molar-refractivity contribution in [3.63, 3.8) is 0 Å². The van der Waals surface area contributed by atoms with Crippen LogP contribution >= 0.6 is 0 Å². The van der Waals surface area contributed by atoms with E-state index in [9.17, 15) is 84.3 Å². The van der Waals surface area contributed by atoms with E-state index in [-0.39, 0.29) is 172 Å². The summed E-state index contributed by atoms with van der Waals surface area (Å²) in [5.74, 6) is -4.70. The summed E-state index contributed by atoms with van der Waals surface area (Å²) in [4.78, 5) is 105. The van der Waals surface area contributed by atoms with Crippen LogP contribution in [0, 0.1) is 17.8 Å². The number of nitrogens with one attached hydrogen (secondary N) is 7. The maximum absolute atomic E-state index is 13.9. The molecular formula is C61H109N7O24. The molecule has 31 nitrogen and oxygen atoms in total. The summed E-state index contributed by atoms with van der Waals surface area (Å²) in [7, 11) is 0. The summed E-state index contributed by atoms with van der Waals surface area (Å²) in [5.41, 5.74) is -1.28. The number of Topliss-reactive ketones (excluding diaryl/α,β-unsaturated/α-hetero) is 1. The molecule has 6 unspecified atom stereocenters. The summed E-state index contributed by atoms with van der Waals surface area (Å²) in [6.45, 7) is 8.55. The number of aliphatic hydroxyl groups excluding tert-OH is 9. The van der Waals surface area contributed by atoms with Crippen LogP contribution in [0.3, 0.4) is 0 Å². The van der Waals surface area contributed by atoms with Gasteiger partial charge in [0, 0.05) is 108 Å². The molecule has 31 heteroatoms. The monoisotopic (exact) mass is 1320 g/mol. The number of rotatable bonds is 47. The fourth-order valence-electron chi connectivity index (χ4n) is 10.5. The molecule has 532 valence electrons. The van der Waals surface area contributed by atoms with Gasteiger partial charge in [0.2, 0.25) is 41.4 Å². The summed E-state index contributed by atoms with van der Waals surface area (Å²) in [6, 6.07) is 0. The molecule has 92 heavy (non-hydrogen) atoms. The number of carbonyl (C=O) groups excluding carboxylic acids is 8. The number of hydrogen-bond donors (Lipinski definition) is 16. The van der Waals surface area contributed by atoms with Gasteiger partial charge in [-0.2, -0.15) is 0 Å². The Morgan fingerprint density at radius 2 is 0.707 bits per heavy atom. The Labute approximate surface area is 539 Å². The van der Waals surface area contributed by atoms with Gasteiger partial charge in [-0.3, -0.25) is 38.4 Å². The molecule has 3 aliphatic heterocycles. The summed E-state index contributed by atoms with van der Waals surface area (Å²) in [6.07, 6.45) is -11.7. The number of hydrogen-bond acceptors (Lipinski definition) is 24. The number of ketones is 1. The Kier molecular flexibility index (Phi) is 39.8. The van der Waals surface area contributed by atoms with Crippen LogP contribution < -0.4 is 37.2 Å². The van der Waals surface area contributed by atoms with Crippen molar-refractivity contribution in [2.24, 2.45) is 17.8 Å². The van der Waals surface area contributed by atoms with Crippen molar-refractivity contribution in [3.05, 3.63) is 0 Å². The molecule has 0 bridgehead atoms. The van der Waals surface area contributed by atoms with E-state index in [0.29, 0.717) is 45.3 Å². The van der Waals surface area contributed by atoms with E-state index in [1.807, 2.05) is 13.8 Å². The van der Waals surface area contributed by atoms with Crippen molar-refractivity contribution in [1.29, 1.82) is 0 Å². The highest BCUT2D eigenvalue weighted by atomic mass is 16.7. The van der Waals surface area contributed by atoms with Gasteiger partial charge in [-0.15, -0.1) is 0 Å². The average molecular weight is 1320 g/mol. The summed E-state index contributed by atoms with van der Waals surface area (Å²) in [5, 5.41) is 109. The Bertz CT molecular complexity index is 1990. The molecule has 0 saturated carbocycles. The summed E-state index contributed by atoms with van der Waals surface area (Å²) < 4.78 is 39.0. The minimum absolute atomic E-state index is 0.00265. The van der Waals surface area contributed by atoms with Crippen LogP contribution in [0.2, 0.25) is 0 Å². The molecule has 3 saturated heterocycles. The highest BCUT2D eigenvalue weighted by Gasteiger charge is 2.45. The van der Waals surface area contributed by atoms with E-state index >= 15 is 0 Å². The Hall–Kier alpha value is -4.68. The molecule has 0 aromatic carbocycles. The second-order valence-electron chi connectivity index (χ2n) is 24.3. The van der Waals surface area contributed by atoms with E-state index in [0.717, 1.165) is 0 Å². The molecule has 3 heterocycles. The van der Waals surface area contributed by atoms with Crippen molar-refractivity contribution in [2.75, 3.05) is 85.5 Å². The minimum Gasteiger partial charge on any atom is -0.394 e. The van der Waals surface area contributed by atoms with Gasteiger partial charge in [-0.05, 0) is 71.6 Å². The van der Waals surface area contributed by atoms with Gasteiger partial charge in [-0.1, -0.05) is 20.8 Å². The van der Waals surface area contributed by atoms with Crippen LogP contribution in [0.4, 0.5) is 0 Å². The molecule has 3 rings (SSSR count). The molecular weight excluding hydrogens is 1210 g/mol. The zero-order chi connectivity index (χ0) is 68.2. The van der Waals surface area contributed by atoms with Gasteiger partial charge in [-0.25, -0.2) is 0 Å². The van der Waals surface area contributed by atoms with Crippen LogP contribution in [0.5, 0.6) is 0 Å². The number of amides is 7.